The Labute approximate surface area is 107 Å². The maximum atomic E-state index is 11.6. The first-order valence-corrected chi connectivity index (χ1v) is 7.27. The summed E-state index contributed by atoms with van der Waals surface area (Å²) in [6.45, 7) is 5.03. The molecular weight excluding hydrogens is 232 g/mol. The smallest absolute Gasteiger partial charge is 0.223 e. The lowest BCUT2D eigenvalue weighted by Gasteiger charge is -2.23. The molecule has 17 heavy (non-hydrogen) atoms. The van der Waals surface area contributed by atoms with Crippen molar-refractivity contribution in [3.63, 3.8) is 0 Å². The number of carbonyl (C=O) groups excluding carboxylic acids is 1. The lowest BCUT2D eigenvalue weighted by molar-refractivity contribution is -0.127. The summed E-state index contributed by atoms with van der Waals surface area (Å²) < 4.78 is 0. The zero-order valence-corrected chi connectivity index (χ0v) is 11.3. The SMILES string of the molecule is CC(C)c1nc(CCNC(=O)C2CCC2)cs1. The minimum atomic E-state index is 0.232. The summed E-state index contributed by atoms with van der Waals surface area (Å²) in [5.74, 6) is 1.02. The van der Waals surface area contributed by atoms with Gasteiger partial charge in [0, 0.05) is 30.2 Å². The first kappa shape index (κ1) is 12.6. The van der Waals surface area contributed by atoms with E-state index >= 15 is 0 Å². The molecule has 1 fully saturated rings. The van der Waals surface area contributed by atoms with Crippen LogP contribution in [0.15, 0.2) is 5.38 Å². The van der Waals surface area contributed by atoms with Crippen LogP contribution < -0.4 is 5.32 Å². The van der Waals surface area contributed by atoms with Gasteiger partial charge in [-0.3, -0.25) is 4.79 Å². The fourth-order valence-corrected chi connectivity index (χ4v) is 2.70. The molecular formula is C13H20N2OS. The van der Waals surface area contributed by atoms with E-state index in [0.29, 0.717) is 5.92 Å². The van der Waals surface area contributed by atoms with Crippen molar-refractivity contribution in [2.75, 3.05) is 6.54 Å². The van der Waals surface area contributed by atoms with Crippen LogP contribution in [-0.2, 0) is 11.2 Å². The van der Waals surface area contributed by atoms with E-state index in [1.165, 1.54) is 11.4 Å². The first-order chi connectivity index (χ1) is 8.16. The Kier molecular flexibility index (Phi) is 4.15. The third-order valence-corrected chi connectivity index (χ3v) is 4.41. The molecule has 1 saturated carbocycles. The molecule has 1 aromatic rings. The Bertz CT molecular complexity index is 383. The predicted molar refractivity (Wildman–Crippen MR) is 70.3 cm³/mol. The Balaban J connectivity index is 1.71. The molecule has 0 atom stereocenters. The highest BCUT2D eigenvalue weighted by molar-refractivity contribution is 7.09. The molecule has 0 bridgehead atoms. The summed E-state index contributed by atoms with van der Waals surface area (Å²) in [5, 5.41) is 6.28. The maximum absolute atomic E-state index is 11.6. The molecule has 1 heterocycles. The molecule has 3 nitrogen and oxygen atoms in total. The Hall–Kier alpha value is -0.900. The summed E-state index contributed by atoms with van der Waals surface area (Å²) in [4.78, 5) is 16.2. The monoisotopic (exact) mass is 252 g/mol. The number of hydrogen-bond acceptors (Lipinski definition) is 3. The average Bonchev–Trinajstić information content (AvgIpc) is 2.63. The first-order valence-electron chi connectivity index (χ1n) is 6.39. The highest BCUT2D eigenvalue weighted by Gasteiger charge is 2.24. The number of aromatic nitrogens is 1. The average molecular weight is 252 g/mol. The van der Waals surface area contributed by atoms with Crippen LogP contribution in [0, 0.1) is 5.92 Å². The quantitative estimate of drug-likeness (QED) is 0.875. The third-order valence-electron chi connectivity index (χ3n) is 3.22. The number of hydrogen-bond donors (Lipinski definition) is 1. The van der Waals surface area contributed by atoms with E-state index in [-0.39, 0.29) is 11.8 Å². The minimum Gasteiger partial charge on any atom is -0.355 e. The van der Waals surface area contributed by atoms with Crippen molar-refractivity contribution in [3.05, 3.63) is 16.1 Å². The number of carbonyl (C=O) groups is 1. The summed E-state index contributed by atoms with van der Waals surface area (Å²) in [7, 11) is 0. The van der Waals surface area contributed by atoms with Gasteiger partial charge < -0.3 is 5.32 Å². The molecule has 1 aromatic heterocycles. The standard InChI is InChI=1S/C13H20N2OS/c1-9(2)13-15-11(8-17-13)6-7-14-12(16)10-4-3-5-10/h8-10H,3-7H2,1-2H3,(H,14,16). The van der Waals surface area contributed by atoms with Crippen molar-refractivity contribution in [3.8, 4) is 0 Å². The molecule has 0 aromatic carbocycles. The molecule has 0 spiro atoms. The van der Waals surface area contributed by atoms with Gasteiger partial charge >= 0.3 is 0 Å². The number of thiazole rings is 1. The molecule has 1 aliphatic rings. The molecule has 0 aliphatic heterocycles. The second kappa shape index (κ2) is 5.63. The second-order valence-corrected chi connectivity index (χ2v) is 5.89. The van der Waals surface area contributed by atoms with Crippen LogP contribution in [-0.4, -0.2) is 17.4 Å². The molecule has 0 unspecified atom stereocenters. The molecule has 1 N–H and O–H groups in total. The van der Waals surface area contributed by atoms with E-state index < -0.39 is 0 Å². The van der Waals surface area contributed by atoms with Gasteiger partial charge in [-0.05, 0) is 12.8 Å². The van der Waals surface area contributed by atoms with Gasteiger partial charge in [0.2, 0.25) is 5.91 Å². The van der Waals surface area contributed by atoms with Crippen molar-refractivity contribution >= 4 is 17.2 Å². The Morgan fingerprint density at radius 1 is 1.59 bits per heavy atom. The van der Waals surface area contributed by atoms with E-state index in [1.807, 2.05) is 0 Å². The summed E-state index contributed by atoms with van der Waals surface area (Å²) in [6, 6.07) is 0. The van der Waals surface area contributed by atoms with Crippen LogP contribution in [0.1, 0.15) is 49.7 Å². The van der Waals surface area contributed by atoms with E-state index in [9.17, 15) is 4.79 Å². The number of amides is 1. The van der Waals surface area contributed by atoms with E-state index in [0.717, 1.165) is 31.5 Å². The summed E-state index contributed by atoms with van der Waals surface area (Å²) >= 11 is 1.71. The van der Waals surface area contributed by atoms with Crippen molar-refractivity contribution in [2.24, 2.45) is 5.92 Å². The van der Waals surface area contributed by atoms with Gasteiger partial charge in [-0.15, -0.1) is 11.3 Å². The minimum absolute atomic E-state index is 0.232. The van der Waals surface area contributed by atoms with E-state index in [2.05, 4.69) is 29.5 Å². The number of rotatable bonds is 5. The molecule has 0 radical (unpaired) electrons. The highest BCUT2D eigenvalue weighted by atomic mass is 32.1. The number of nitrogens with one attached hydrogen (secondary N) is 1. The molecule has 0 saturated heterocycles. The zero-order chi connectivity index (χ0) is 12.3. The van der Waals surface area contributed by atoms with Crippen LogP contribution >= 0.6 is 11.3 Å². The van der Waals surface area contributed by atoms with Gasteiger partial charge in [0.1, 0.15) is 0 Å². The molecule has 94 valence electrons. The topological polar surface area (TPSA) is 42.0 Å². The van der Waals surface area contributed by atoms with Crippen LogP contribution in [0.25, 0.3) is 0 Å². The van der Waals surface area contributed by atoms with E-state index in [1.54, 1.807) is 11.3 Å². The summed E-state index contributed by atoms with van der Waals surface area (Å²) in [6.07, 6.45) is 4.20. The van der Waals surface area contributed by atoms with Gasteiger partial charge in [-0.1, -0.05) is 20.3 Å². The van der Waals surface area contributed by atoms with Crippen LogP contribution in [0.3, 0.4) is 0 Å². The zero-order valence-electron chi connectivity index (χ0n) is 10.5. The fourth-order valence-electron chi connectivity index (χ4n) is 1.83. The second-order valence-electron chi connectivity index (χ2n) is 5.00. The van der Waals surface area contributed by atoms with Gasteiger partial charge in [0.15, 0.2) is 0 Å². The van der Waals surface area contributed by atoms with Crippen LogP contribution in [0.5, 0.6) is 0 Å². The lowest BCUT2D eigenvalue weighted by atomic mass is 9.85. The highest BCUT2D eigenvalue weighted by Crippen LogP contribution is 2.26. The number of nitrogens with zero attached hydrogens (tertiary/aromatic N) is 1. The van der Waals surface area contributed by atoms with Gasteiger partial charge in [-0.25, -0.2) is 4.98 Å². The van der Waals surface area contributed by atoms with Crippen molar-refractivity contribution in [2.45, 2.75) is 45.4 Å². The predicted octanol–water partition coefficient (Wildman–Crippen LogP) is 2.73. The van der Waals surface area contributed by atoms with Crippen LogP contribution in [0.4, 0.5) is 0 Å². The lowest BCUT2D eigenvalue weighted by Crippen LogP contribution is -2.35. The Morgan fingerprint density at radius 3 is 2.88 bits per heavy atom. The van der Waals surface area contributed by atoms with Crippen molar-refractivity contribution < 1.29 is 4.79 Å². The molecule has 1 amide bonds. The Morgan fingerprint density at radius 2 is 2.35 bits per heavy atom. The fraction of sp³-hybridized carbons (Fsp3) is 0.692. The third kappa shape index (κ3) is 3.28. The molecule has 2 rings (SSSR count). The van der Waals surface area contributed by atoms with E-state index in [4.69, 9.17) is 0 Å². The van der Waals surface area contributed by atoms with Gasteiger partial charge in [0.05, 0.1) is 10.7 Å². The van der Waals surface area contributed by atoms with Gasteiger partial charge in [0.25, 0.3) is 0 Å². The maximum Gasteiger partial charge on any atom is 0.223 e. The van der Waals surface area contributed by atoms with Crippen molar-refractivity contribution in [1.82, 2.24) is 10.3 Å². The largest absolute Gasteiger partial charge is 0.355 e. The molecule has 4 heteroatoms. The normalized spacial score (nSPS) is 15.9. The van der Waals surface area contributed by atoms with Crippen LogP contribution in [0.2, 0.25) is 0 Å². The van der Waals surface area contributed by atoms with Gasteiger partial charge in [-0.2, -0.15) is 0 Å². The summed E-state index contributed by atoms with van der Waals surface area (Å²) in [5.41, 5.74) is 1.10. The molecule has 1 aliphatic carbocycles. The van der Waals surface area contributed by atoms with Crippen molar-refractivity contribution in [1.29, 1.82) is 0 Å².